The number of thiophene rings is 1. The van der Waals surface area contributed by atoms with Crippen molar-refractivity contribution in [2.24, 2.45) is 0 Å². The van der Waals surface area contributed by atoms with E-state index in [-0.39, 0.29) is 9.90 Å². The van der Waals surface area contributed by atoms with E-state index >= 15 is 0 Å². The zero-order valence-electron chi connectivity index (χ0n) is 10.5. The van der Waals surface area contributed by atoms with Crippen LogP contribution in [0.1, 0.15) is 0 Å². The van der Waals surface area contributed by atoms with Crippen LogP contribution in [-0.2, 0) is 14.8 Å². The van der Waals surface area contributed by atoms with Crippen LogP contribution in [-0.4, -0.2) is 20.9 Å². The summed E-state index contributed by atoms with van der Waals surface area (Å²) in [5, 5.41) is 3.74. The largest absolute Gasteiger partial charge is 0.322 e. The molecule has 0 aliphatic rings. The molecule has 1 aromatic heterocycles. The van der Waals surface area contributed by atoms with Gasteiger partial charge in [0.1, 0.15) is 15.8 Å². The van der Waals surface area contributed by atoms with Gasteiger partial charge >= 0.3 is 0 Å². The first-order valence-electron chi connectivity index (χ1n) is 5.66. The van der Waals surface area contributed by atoms with E-state index in [1.165, 1.54) is 6.07 Å². The van der Waals surface area contributed by atoms with Crippen LogP contribution < -0.4 is 10.0 Å². The van der Waals surface area contributed by atoms with Gasteiger partial charge in [-0.25, -0.2) is 21.9 Å². The third kappa shape index (κ3) is 4.06. The highest BCUT2D eigenvalue weighted by Gasteiger charge is 2.17. The number of hydrogen-bond donors (Lipinski definition) is 2. The van der Waals surface area contributed by atoms with Gasteiger partial charge in [-0.15, -0.1) is 11.3 Å². The summed E-state index contributed by atoms with van der Waals surface area (Å²) in [5.41, 5.74) is -0.225. The lowest BCUT2D eigenvalue weighted by Crippen LogP contribution is -2.32. The highest BCUT2D eigenvalue weighted by atomic mass is 32.2. The van der Waals surface area contributed by atoms with Crippen molar-refractivity contribution >= 4 is 33.0 Å². The van der Waals surface area contributed by atoms with E-state index in [2.05, 4.69) is 10.0 Å². The summed E-state index contributed by atoms with van der Waals surface area (Å²) in [6.45, 7) is -0.558. The number of rotatable bonds is 5. The highest BCUT2D eigenvalue weighted by molar-refractivity contribution is 7.91. The Bertz CT molecular complexity index is 746. The zero-order valence-corrected chi connectivity index (χ0v) is 12.1. The standard InChI is InChI=1S/C12H10F2N2O3S2/c13-8-3-4-10(9(14)6-8)16-11(17)7-15-21(18,19)12-2-1-5-20-12/h1-6,15H,7H2,(H,16,17). The van der Waals surface area contributed by atoms with Gasteiger partial charge in [0.05, 0.1) is 12.2 Å². The van der Waals surface area contributed by atoms with Crippen LogP contribution >= 0.6 is 11.3 Å². The molecule has 2 N–H and O–H groups in total. The predicted molar refractivity (Wildman–Crippen MR) is 74.5 cm³/mol. The number of halogens is 2. The summed E-state index contributed by atoms with van der Waals surface area (Å²) in [6.07, 6.45) is 0. The summed E-state index contributed by atoms with van der Waals surface area (Å²) in [7, 11) is -3.77. The molecule has 112 valence electrons. The van der Waals surface area contributed by atoms with Crippen LogP contribution in [0.3, 0.4) is 0 Å². The fourth-order valence-electron chi connectivity index (χ4n) is 1.43. The Morgan fingerprint density at radius 1 is 1.24 bits per heavy atom. The van der Waals surface area contributed by atoms with Gasteiger partial charge in [0, 0.05) is 6.07 Å². The topological polar surface area (TPSA) is 75.3 Å². The molecule has 0 saturated carbocycles. The normalized spacial score (nSPS) is 11.3. The number of anilines is 1. The first-order chi connectivity index (χ1) is 9.88. The lowest BCUT2D eigenvalue weighted by Gasteiger charge is -2.07. The summed E-state index contributed by atoms with van der Waals surface area (Å²) < 4.78 is 51.7. The molecule has 2 aromatic rings. The van der Waals surface area contributed by atoms with E-state index in [1.54, 1.807) is 11.4 Å². The molecule has 0 unspecified atom stereocenters. The molecule has 2 rings (SSSR count). The average Bonchev–Trinajstić information content (AvgIpc) is 2.95. The van der Waals surface area contributed by atoms with Gasteiger partial charge in [0.15, 0.2) is 0 Å². The minimum atomic E-state index is -3.77. The Labute approximate surface area is 123 Å². The molecule has 0 atom stereocenters. The van der Waals surface area contributed by atoms with Crippen LogP contribution in [0.25, 0.3) is 0 Å². The van der Waals surface area contributed by atoms with E-state index in [4.69, 9.17) is 0 Å². The first kappa shape index (κ1) is 15.5. The Hall–Kier alpha value is -1.84. The third-order valence-corrected chi connectivity index (χ3v) is 5.19. The fourth-order valence-corrected chi connectivity index (χ4v) is 3.45. The van der Waals surface area contributed by atoms with Gasteiger partial charge in [0.2, 0.25) is 5.91 Å². The molecule has 0 spiro atoms. The van der Waals surface area contributed by atoms with E-state index < -0.39 is 34.1 Å². The molecule has 1 heterocycles. The Balaban J connectivity index is 1.97. The third-order valence-electron chi connectivity index (χ3n) is 2.39. The van der Waals surface area contributed by atoms with Gasteiger partial charge in [0.25, 0.3) is 10.0 Å². The van der Waals surface area contributed by atoms with Crippen molar-refractivity contribution in [2.45, 2.75) is 4.21 Å². The summed E-state index contributed by atoms with van der Waals surface area (Å²) in [6, 6.07) is 5.61. The molecule has 0 aliphatic heterocycles. The number of amides is 1. The molecule has 0 radical (unpaired) electrons. The lowest BCUT2D eigenvalue weighted by atomic mass is 10.3. The summed E-state index contributed by atoms with van der Waals surface area (Å²) >= 11 is 1.01. The second-order valence-corrected chi connectivity index (χ2v) is 6.87. The predicted octanol–water partition coefficient (Wildman–Crippen LogP) is 1.94. The molecule has 0 bridgehead atoms. The zero-order chi connectivity index (χ0) is 15.5. The number of benzene rings is 1. The quantitative estimate of drug-likeness (QED) is 0.879. The molecule has 0 aliphatic carbocycles. The van der Waals surface area contributed by atoms with Gasteiger partial charge in [-0.3, -0.25) is 4.79 Å². The highest BCUT2D eigenvalue weighted by Crippen LogP contribution is 2.16. The number of sulfonamides is 1. The molecule has 5 nitrogen and oxygen atoms in total. The maximum absolute atomic E-state index is 13.3. The van der Waals surface area contributed by atoms with Gasteiger partial charge in [-0.1, -0.05) is 6.07 Å². The molecule has 1 amide bonds. The molecular weight excluding hydrogens is 322 g/mol. The van der Waals surface area contributed by atoms with E-state index in [0.717, 1.165) is 23.5 Å². The van der Waals surface area contributed by atoms with Gasteiger partial charge in [-0.2, -0.15) is 0 Å². The molecule has 21 heavy (non-hydrogen) atoms. The van der Waals surface area contributed by atoms with Gasteiger partial charge in [-0.05, 0) is 23.6 Å². The number of nitrogens with one attached hydrogen (secondary N) is 2. The SMILES string of the molecule is O=C(CNS(=O)(=O)c1cccs1)Nc1ccc(F)cc1F. The number of hydrogen-bond acceptors (Lipinski definition) is 4. The second-order valence-electron chi connectivity index (χ2n) is 3.93. The Morgan fingerprint density at radius 2 is 2.00 bits per heavy atom. The number of carbonyl (C=O) groups excluding carboxylic acids is 1. The van der Waals surface area contributed by atoms with Crippen LogP contribution in [0.4, 0.5) is 14.5 Å². The van der Waals surface area contributed by atoms with E-state index in [1.807, 2.05) is 0 Å². The fraction of sp³-hybridized carbons (Fsp3) is 0.0833. The van der Waals surface area contributed by atoms with Crippen LogP contribution in [0.15, 0.2) is 39.9 Å². The van der Waals surface area contributed by atoms with Crippen molar-refractivity contribution < 1.29 is 22.0 Å². The van der Waals surface area contributed by atoms with Crippen LogP contribution in [0.5, 0.6) is 0 Å². The lowest BCUT2D eigenvalue weighted by molar-refractivity contribution is -0.115. The van der Waals surface area contributed by atoms with Crippen molar-refractivity contribution in [2.75, 3.05) is 11.9 Å². The smallest absolute Gasteiger partial charge is 0.250 e. The Morgan fingerprint density at radius 3 is 2.62 bits per heavy atom. The van der Waals surface area contributed by atoms with Gasteiger partial charge < -0.3 is 5.32 Å². The molecule has 0 saturated heterocycles. The number of carbonyl (C=O) groups is 1. The minimum absolute atomic E-state index is 0.0725. The van der Waals surface area contributed by atoms with Crippen molar-refractivity contribution in [1.29, 1.82) is 0 Å². The Kier molecular flexibility index (Phi) is 4.66. The molecule has 1 aromatic carbocycles. The van der Waals surface area contributed by atoms with Crippen LogP contribution in [0, 0.1) is 11.6 Å². The molecule has 0 fully saturated rings. The van der Waals surface area contributed by atoms with E-state index in [0.29, 0.717) is 6.07 Å². The van der Waals surface area contributed by atoms with Crippen molar-refractivity contribution in [3.63, 3.8) is 0 Å². The van der Waals surface area contributed by atoms with Crippen molar-refractivity contribution in [1.82, 2.24) is 4.72 Å². The van der Waals surface area contributed by atoms with Crippen molar-refractivity contribution in [3.8, 4) is 0 Å². The molecule has 9 heteroatoms. The maximum atomic E-state index is 13.3. The monoisotopic (exact) mass is 332 g/mol. The average molecular weight is 332 g/mol. The molecular formula is C12H10F2N2O3S2. The maximum Gasteiger partial charge on any atom is 0.250 e. The first-order valence-corrected chi connectivity index (χ1v) is 8.03. The second kappa shape index (κ2) is 6.29. The van der Waals surface area contributed by atoms with Crippen LogP contribution in [0.2, 0.25) is 0 Å². The minimum Gasteiger partial charge on any atom is -0.322 e. The van der Waals surface area contributed by atoms with E-state index in [9.17, 15) is 22.0 Å². The summed E-state index contributed by atoms with van der Waals surface area (Å²) in [5.74, 6) is -2.48. The van der Waals surface area contributed by atoms with Crippen molar-refractivity contribution in [3.05, 3.63) is 47.3 Å². The summed E-state index contributed by atoms with van der Waals surface area (Å²) in [4.78, 5) is 11.6.